The third kappa shape index (κ3) is 7.22. The molecule has 0 unspecified atom stereocenters. The first-order valence-corrected chi connectivity index (χ1v) is 8.08. The van der Waals surface area contributed by atoms with Crippen molar-refractivity contribution in [3.63, 3.8) is 0 Å². The molecular formula is C17H24ClF3N2O2. The summed E-state index contributed by atoms with van der Waals surface area (Å²) in [7, 11) is 0. The average molecular weight is 381 g/mol. The number of ether oxygens (including phenoxy) is 1. The highest BCUT2D eigenvalue weighted by molar-refractivity contribution is 5.86. The summed E-state index contributed by atoms with van der Waals surface area (Å²) in [6, 6.07) is 6.90. The van der Waals surface area contributed by atoms with Crippen LogP contribution in [0.3, 0.4) is 0 Å². The molecule has 0 atom stereocenters. The van der Waals surface area contributed by atoms with E-state index in [1.54, 1.807) is 24.3 Å². The maximum atomic E-state index is 12.2. The van der Waals surface area contributed by atoms with Crippen molar-refractivity contribution in [1.29, 1.82) is 0 Å². The largest absolute Gasteiger partial charge is 0.411 e. The van der Waals surface area contributed by atoms with Crippen LogP contribution in [0.5, 0.6) is 0 Å². The van der Waals surface area contributed by atoms with Gasteiger partial charge in [0.25, 0.3) is 0 Å². The number of carbonyl (C=O) groups is 1. The summed E-state index contributed by atoms with van der Waals surface area (Å²) in [6.07, 6.45) is 0.140. The second kappa shape index (κ2) is 9.40. The van der Waals surface area contributed by atoms with Gasteiger partial charge in [-0.15, -0.1) is 12.4 Å². The van der Waals surface area contributed by atoms with Gasteiger partial charge >= 0.3 is 6.18 Å². The van der Waals surface area contributed by atoms with Gasteiger partial charge in [-0.25, -0.2) is 0 Å². The van der Waals surface area contributed by atoms with Crippen LogP contribution in [0.15, 0.2) is 24.3 Å². The smallest absolute Gasteiger partial charge is 0.367 e. The molecule has 25 heavy (non-hydrogen) atoms. The van der Waals surface area contributed by atoms with Crippen LogP contribution in [-0.2, 0) is 22.7 Å². The lowest BCUT2D eigenvalue weighted by Gasteiger charge is -2.31. The summed E-state index contributed by atoms with van der Waals surface area (Å²) in [6.45, 7) is -1.01. The van der Waals surface area contributed by atoms with Gasteiger partial charge in [0.15, 0.2) is 0 Å². The first-order chi connectivity index (χ1) is 11.3. The molecule has 142 valence electrons. The Labute approximate surface area is 151 Å². The Bertz CT molecular complexity index is 544. The van der Waals surface area contributed by atoms with Crippen LogP contribution >= 0.6 is 12.4 Å². The molecule has 0 bridgehead atoms. The second-order valence-corrected chi connectivity index (χ2v) is 6.32. The highest BCUT2D eigenvalue weighted by atomic mass is 35.5. The van der Waals surface area contributed by atoms with Crippen molar-refractivity contribution in [2.24, 2.45) is 5.73 Å². The minimum Gasteiger partial charge on any atom is -0.367 e. The Kier molecular flexibility index (Phi) is 8.18. The maximum Gasteiger partial charge on any atom is 0.411 e. The minimum atomic E-state index is -4.32. The fourth-order valence-corrected chi connectivity index (χ4v) is 2.81. The third-order valence-corrected chi connectivity index (χ3v) is 4.21. The fourth-order valence-electron chi connectivity index (χ4n) is 2.81. The van der Waals surface area contributed by atoms with Crippen LogP contribution in [0.1, 0.15) is 43.2 Å². The van der Waals surface area contributed by atoms with E-state index >= 15 is 0 Å². The van der Waals surface area contributed by atoms with Crippen LogP contribution < -0.4 is 11.1 Å². The molecule has 3 N–H and O–H groups in total. The van der Waals surface area contributed by atoms with Crippen molar-refractivity contribution in [2.45, 2.75) is 57.0 Å². The van der Waals surface area contributed by atoms with E-state index in [0.29, 0.717) is 24.9 Å². The molecule has 1 aliphatic rings. The number of hydrogen-bond donors (Lipinski definition) is 2. The zero-order valence-corrected chi connectivity index (χ0v) is 14.7. The summed E-state index contributed by atoms with van der Waals surface area (Å²) in [5.74, 6) is -0.139. The van der Waals surface area contributed by atoms with Gasteiger partial charge in [-0.2, -0.15) is 13.2 Å². The first kappa shape index (κ1) is 21.7. The quantitative estimate of drug-likeness (QED) is 0.794. The number of nitrogens with two attached hydrogens (primary N) is 1. The summed E-state index contributed by atoms with van der Waals surface area (Å²) in [5, 5.41) is 2.85. The van der Waals surface area contributed by atoms with Crippen molar-refractivity contribution in [3.05, 3.63) is 35.4 Å². The van der Waals surface area contributed by atoms with E-state index in [4.69, 9.17) is 5.73 Å². The van der Waals surface area contributed by atoms with Crippen molar-refractivity contribution in [1.82, 2.24) is 5.32 Å². The number of carbonyl (C=O) groups excluding carboxylic acids is 1. The summed E-state index contributed by atoms with van der Waals surface area (Å²) in [5.41, 5.74) is 6.90. The number of halogens is 4. The number of alkyl halides is 3. The zero-order valence-electron chi connectivity index (χ0n) is 13.9. The molecule has 0 heterocycles. The van der Waals surface area contributed by atoms with Gasteiger partial charge in [-0.1, -0.05) is 43.5 Å². The highest BCUT2D eigenvalue weighted by Gasteiger charge is 2.34. The predicted molar refractivity (Wildman–Crippen MR) is 91.3 cm³/mol. The van der Waals surface area contributed by atoms with Crippen LogP contribution in [0.4, 0.5) is 13.2 Å². The summed E-state index contributed by atoms with van der Waals surface area (Å²) < 4.78 is 40.6. The van der Waals surface area contributed by atoms with Crippen molar-refractivity contribution in [2.75, 3.05) is 6.61 Å². The molecule has 0 radical (unpaired) electrons. The van der Waals surface area contributed by atoms with Crippen LogP contribution in [-0.4, -0.2) is 24.2 Å². The van der Waals surface area contributed by atoms with Crippen molar-refractivity contribution < 1.29 is 22.7 Å². The normalized spacial score (nSPS) is 16.8. The van der Waals surface area contributed by atoms with Gasteiger partial charge < -0.3 is 15.8 Å². The van der Waals surface area contributed by atoms with E-state index in [2.05, 4.69) is 10.1 Å². The monoisotopic (exact) mass is 380 g/mol. The number of rotatable bonds is 6. The van der Waals surface area contributed by atoms with Crippen LogP contribution in [0, 0.1) is 0 Å². The van der Waals surface area contributed by atoms with Gasteiger partial charge in [0.2, 0.25) is 5.91 Å². The van der Waals surface area contributed by atoms with Crippen LogP contribution in [0.2, 0.25) is 0 Å². The van der Waals surface area contributed by atoms with Crippen LogP contribution in [0.25, 0.3) is 0 Å². The molecule has 2 rings (SSSR count). The molecule has 1 aromatic rings. The third-order valence-electron chi connectivity index (χ3n) is 4.21. The Hall–Kier alpha value is -1.31. The van der Waals surface area contributed by atoms with Gasteiger partial charge in [-0.3, -0.25) is 4.79 Å². The van der Waals surface area contributed by atoms with Crippen molar-refractivity contribution in [3.8, 4) is 0 Å². The van der Waals surface area contributed by atoms with Gasteiger partial charge in [0.1, 0.15) is 6.61 Å². The number of amides is 1. The minimum absolute atomic E-state index is 0. The Morgan fingerprint density at radius 2 is 1.68 bits per heavy atom. The van der Waals surface area contributed by atoms with Gasteiger partial charge in [0, 0.05) is 6.54 Å². The molecule has 4 nitrogen and oxygen atoms in total. The van der Waals surface area contributed by atoms with E-state index in [1.165, 1.54) is 0 Å². The molecule has 1 amide bonds. The van der Waals surface area contributed by atoms with E-state index in [0.717, 1.165) is 24.8 Å². The molecule has 0 aliphatic heterocycles. The number of hydrogen-bond acceptors (Lipinski definition) is 3. The molecule has 1 aromatic carbocycles. The average Bonchev–Trinajstić information content (AvgIpc) is 2.53. The van der Waals surface area contributed by atoms with Gasteiger partial charge in [0.05, 0.1) is 12.1 Å². The van der Waals surface area contributed by atoms with Gasteiger partial charge in [-0.05, 0) is 24.0 Å². The number of nitrogens with one attached hydrogen (secondary N) is 1. The lowest BCUT2D eigenvalue weighted by Crippen LogP contribution is -2.54. The lowest BCUT2D eigenvalue weighted by atomic mass is 9.82. The molecule has 0 aromatic heterocycles. The Morgan fingerprint density at radius 1 is 1.12 bits per heavy atom. The second-order valence-electron chi connectivity index (χ2n) is 6.32. The fraction of sp³-hybridized carbons (Fsp3) is 0.588. The number of benzene rings is 1. The van der Waals surface area contributed by atoms with Crippen molar-refractivity contribution >= 4 is 18.3 Å². The Morgan fingerprint density at radius 3 is 2.24 bits per heavy atom. The first-order valence-electron chi connectivity index (χ1n) is 8.08. The molecule has 8 heteroatoms. The zero-order chi connectivity index (χ0) is 17.6. The molecule has 1 fully saturated rings. The SMILES string of the molecule is Cl.NC1(C(=O)NCc2ccc(COCC(F)(F)F)cc2)CCCCC1. The molecule has 1 aliphatic carbocycles. The topological polar surface area (TPSA) is 64.4 Å². The lowest BCUT2D eigenvalue weighted by molar-refractivity contribution is -0.176. The Balaban J connectivity index is 0.00000312. The highest BCUT2D eigenvalue weighted by Crippen LogP contribution is 2.26. The summed E-state index contributed by atoms with van der Waals surface area (Å²) >= 11 is 0. The van der Waals surface area contributed by atoms with E-state index in [1.807, 2.05) is 0 Å². The standard InChI is InChI=1S/C17H23F3N2O2.ClH/c18-17(19,20)12-24-11-14-6-4-13(5-7-14)10-22-15(23)16(21)8-2-1-3-9-16;/h4-7H,1-3,8-12,21H2,(H,22,23);1H. The van der Waals surface area contributed by atoms with E-state index in [-0.39, 0.29) is 24.9 Å². The molecule has 0 saturated heterocycles. The van der Waals surface area contributed by atoms with E-state index in [9.17, 15) is 18.0 Å². The predicted octanol–water partition coefficient (Wildman–Crippen LogP) is 3.47. The maximum absolute atomic E-state index is 12.2. The molecule has 1 saturated carbocycles. The van der Waals surface area contributed by atoms with E-state index < -0.39 is 18.3 Å². The molecule has 0 spiro atoms. The summed E-state index contributed by atoms with van der Waals surface area (Å²) in [4.78, 5) is 12.2. The molecular weight excluding hydrogens is 357 g/mol.